The van der Waals surface area contributed by atoms with E-state index in [-0.39, 0.29) is 22.6 Å². The van der Waals surface area contributed by atoms with Crippen molar-refractivity contribution in [1.82, 2.24) is 36.4 Å². The van der Waals surface area contributed by atoms with Crippen LogP contribution >= 0.6 is 7.82 Å². The van der Waals surface area contributed by atoms with E-state index in [2.05, 4.69) is 46.6 Å². The molecule has 1 aromatic carbocycles. The summed E-state index contributed by atoms with van der Waals surface area (Å²) in [5.41, 5.74) is 2.05. The zero-order chi connectivity index (χ0) is 60.0. The van der Waals surface area contributed by atoms with E-state index in [1.165, 1.54) is 19.1 Å². The van der Waals surface area contributed by atoms with Gasteiger partial charge in [0.2, 0.25) is 41.2 Å². The highest BCUT2D eigenvalue weighted by atomic mass is 31.2. The molecule has 8 amide bonds. The normalized spacial score (nSPS) is 29.6. The van der Waals surface area contributed by atoms with E-state index in [9.17, 15) is 93.6 Å². The Bertz CT molecular complexity index is 2350. The third-order valence-electron chi connectivity index (χ3n) is 14.9. The zero-order valence-corrected chi connectivity index (χ0v) is 46.7. The van der Waals surface area contributed by atoms with Gasteiger partial charge in [0.15, 0.2) is 6.23 Å². The number of nitrogens with zero attached hydrogens (tertiary/aromatic N) is 2. The number of unbranched alkanes of at least 4 members (excludes halogenated alkanes) is 5. The predicted octanol–water partition coefficient (Wildman–Crippen LogP) is -3.50. The fraction of sp³-hybridized carbons (Fsp3) is 0.725. The number of fused-ring (bicyclic) bond motifs is 2. The maximum absolute atomic E-state index is 14.6. The highest BCUT2D eigenvalue weighted by molar-refractivity contribution is 7.46. The average Bonchev–Trinajstić information content (AvgIpc) is 3.88. The van der Waals surface area contributed by atoms with Crippen molar-refractivity contribution in [2.75, 3.05) is 13.1 Å². The molecular formula is C51H83N8O20P. The minimum absolute atomic E-state index is 0.123. The number of nitrogens with two attached hydrogens (primary N) is 1. The number of carbonyl (C=O) groups is 8. The molecule has 4 rings (SSSR count). The first-order chi connectivity index (χ1) is 37.4. The molecule has 0 saturated carbocycles. The van der Waals surface area contributed by atoms with E-state index in [1.54, 1.807) is 0 Å². The highest BCUT2D eigenvalue weighted by Crippen LogP contribution is 2.38. The molecule has 3 aliphatic rings. The van der Waals surface area contributed by atoms with Crippen molar-refractivity contribution < 1.29 is 98.1 Å². The number of rotatable bonds is 22. The molecule has 16 atom stereocenters. The predicted molar refractivity (Wildman–Crippen MR) is 281 cm³/mol. The molecule has 0 radical (unpaired) electrons. The molecule has 2 unspecified atom stereocenters. The Labute approximate surface area is 463 Å². The van der Waals surface area contributed by atoms with Gasteiger partial charge in [-0.1, -0.05) is 84.8 Å². The first-order valence-electron chi connectivity index (χ1n) is 27.1. The van der Waals surface area contributed by atoms with Gasteiger partial charge in [-0.3, -0.25) is 48.1 Å². The van der Waals surface area contributed by atoms with Crippen molar-refractivity contribution in [1.29, 1.82) is 0 Å². The second-order valence-electron chi connectivity index (χ2n) is 21.8. The number of aliphatic hydroxyl groups excluding tert-OH is 7. The van der Waals surface area contributed by atoms with Gasteiger partial charge in [0.1, 0.15) is 48.2 Å². The molecule has 0 aliphatic carbocycles. The SMILES string of the molecule is CCC(C)CC(C)CCCCCCCCC(=O)N[C@H]1C[C@@H](O)[C@@H](O)NC(=O)[C@]2(O)[C@@H](O)[C@@H](C)CN2C(=O)[C@H]([C@H](O)CC(N)=O)NC(=O)[C@H]([C@H](O)Cc2ccc(OP(=O)(O)O)cc2)NC(=O)[C@@H]2C[C@@H](O)CN2C(=O)[C@H]([C@@H](C)O)NC1=O. The van der Waals surface area contributed by atoms with Gasteiger partial charge in [0.05, 0.1) is 30.8 Å². The van der Waals surface area contributed by atoms with Crippen LogP contribution in [0.25, 0.3) is 0 Å². The molecule has 0 aromatic heterocycles. The third kappa shape index (κ3) is 18.8. The quantitative estimate of drug-likeness (QED) is 0.0396. The Balaban J connectivity index is 1.73. The topological polar surface area (TPSA) is 458 Å². The number of phosphoric ester groups is 1. The van der Waals surface area contributed by atoms with Crippen LogP contribution in [0.5, 0.6) is 5.75 Å². The monoisotopic (exact) mass is 1160 g/mol. The van der Waals surface area contributed by atoms with E-state index in [1.807, 2.05) is 5.32 Å². The van der Waals surface area contributed by atoms with Gasteiger partial charge in [-0.2, -0.15) is 0 Å². The zero-order valence-electron chi connectivity index (χ0n) is 45.8. The largest absolute Gasteiger partial charge is 0.524 e. The third-order valence-corrected chi connectivity index (χ3v) is 15.3. The lowest BCUT2D eigenvalue weighted by molar-refractivity contribution is -0.189. The van der Waals surface area contributed by atoms with Gasteiger partial charge in [0, 0.05) is 44.7 Å². The maximum atomic E-state index is 14.6. The molecule has 452 valence electrons. The van der Waals surface area contributed by atoms with Gasteiger partial charge in [-0.25, -0.2) is 4.57 Å². The summed E-state index contributed by atoms with van der Waals surface area (Å²) in [7, 11) is -5.02. The molecule has 1 aromatic rings. The molecule has 29 heteroatoms. The summed E-state index contributed by atoms with van der Waals surface area (Å²) >= 11 is 0. The van der Waals surface area contributed by atoms with Crippen LogP contribution < -0.4 is 36.8 Å². The number of phosphoric acid groups is 1. The Morgan fingerprint density at radius 1 is 0.787 bits per heavy atom. The first-order valence-corrected chi connectivity index (χ1v) is 28.7. The highest BCUT2D eigenvalue weighted by Gasteiger charge is 2.60. The van der Waals surface area contributed by atoms with Crippen molar-refractivity contribution >= 4 is 55.1 Å². The number of benzene rings is 1. The van der Waals surface area contributed by atoms with Crippen molar-refractivity contribution in [3.63, 3.8) is 0 Å². The summed E-state index contributed by atoms with van der Waals surface area (Å²) in [6.07, 6.45) is -9.61. The molecule has 0 bridgehead atoms. The summed E-state index contributed by atoms with van der Waals surface area (Å²) in [5.74, 6) is -10.8. The molecule has 17 N–H and O–H groups in total. The molecular weight excluding hydrogens is 1080 g/mol. The van der Waals surface area contributed by atoms with E-state index in [0.29, 0.717) is 24.7 Å². The fourth-order valence-corrected chi connectivity index (χ4v) is 10.6. The minimum Gasteiger partial charge on any atom is -0.404 e. The second-order valence-corrected chi connectivity index (χ2v) is 22.9. The van der Waals surface area contributed by atoms with Crippen molar-refractivity contribution in [3.05, 3.63) is 29.8 Å². The lowest BCUT2D eigenvalue weighted by Crippen LogP contribution is -2.68. The van der Waals surface area contributed by atoms with E-state index in [4.69, 9.17) is 5.73 Å². The van der Waals surface area contributed by atoms with E-state index in [0.717, 1.165) is 68.9 Å². The van der Waals surface area contributed by atoms with Gasteiger partial charge in [-0.05, 0) is 49.3 Å². The fourth-order valence-electron chi connectivity index (χ4n) is 10.2. The maximum Gasteiger partial charge on any atom is 0.524 e. The Morgan fingerprint density at radius 2 is 1.39 bits per heavy atom. The van der Waals surface area contributed by atoms with Crippen LogP contribution in [0.1, 0.15) is 124 Å². The average molecular weight is 1160 g/mol. The number of primary amides is 1. The number of nitrogens with one attached hydrogen (secondary N) is 5. The molecule has 28 nitrogen and oxygen atoms in total. The van der Waals surface area contributed by atoms with Gasteiger partial charge >= 0.3 is 7.82 Å². The van der Waals surface area contributed by atoms with Crippen LogP contribution in [-0.2, 0) is 49.3 Å². The Hall–Kier alpha value is -5.39. The van der Waals surface area contributed by atoms with Crippen LogP contribution in [0.2, 0.25) is 0 Å². The van der Waals surface area contributed by atoms with Crippen LogP contribution in [-0.4, -0.2) is 200 Å². The van der Waals surface area contributed by atoms with Crippen LogP contribution in [0.4, 0.5) is 0 Å². The summed E-state index contributed by atoms with van der Waals surface area (Å²) in [5, 5.41) is 102. The smallest absolute Gasteiger partial charge is 0.404 e. The molecule has 3 heterocycles. The number of amides is 8. The van der Waals surface area contributed by atoms with Crippen molar-refractivity contribution in [3.8, 4) is 5.75 Å². The first kappa shape index (κ1) is 67.1. The van der Waals surface area contributed by atoms with E-state index < -0.39 is 179 Å². The summed E-state index contributed by atoms with van der Waals surface area (Å²) in [4.78, 5) is 131. The summed E-state index contributed by atoms with van der Waals surface area (Å²) in [6.45, 7) is 7.67. The summed E-state index contributed by atoms with van der Waals surface area (Å²) in [6, 6.07) is -5.65. The van der Waals surface area contributed by atoms with E-state index >= 15 is 0 Å². The van der Waals surface area contributed by atoms with Crippen molar-refractivity contribution in [2.45, 2.75) is 203 Å². The summed E-state index contributed by atoms with van der Waals surface area (Å²) < 4.78 is 16.0. The standard InChI is InChI=1S/C51H83N8O20P/c1-6-26(2)19-27(3)13-11-9-7-8-10-12-14-39(66)53-33-22-37(64)46(70)57-50(74)51(75)43(67)28(4)24-59(51)49(73)42(36(63)23-38(52)65)56-47(71)41(35(62)20-30-15-17-32(18-16-30)79-80(76,77)78)55-45(69)34-21-31(61)25-58(34)48(72)40(29(5)60)54-44(33)68/h15-18,26-29,31,33-37,40-43,46,60-64,67,70,75H,6-14,19-25H2,1-5H3,(H2,52,65)(H,53,66)(H,54,68)(H,55,69)(H,56,71)(H,57,74)(H2,76,77,78)/t26?,27?,28-,29+,31+,33-,34-,35+,36+,37+,40-,41-,42-,43-,46+,51+/m0/s1. The van der Waals surface area contributed by atoms with Crippen molar-refractivity contribution in [2.24, 2.45) is 23.5 Å². The molecule has 0 spiro atoms. The van der Waals surface area contributed by atoms with Crippen LogP contribution in [0.3, 0.4) is 0 Å². The molecule has 80 heavy (non-hydrogen) atoms. The molecule has 3 saturated heterocycles. The Morgan fingerprint density at radius 3 is 1.99 bits per heavy atom. The van der Waals surface area contributed by atoms with Crippen LogP contribution in [0, 0.1) is 17.8 Å². The number of hydrogen-bond acceptors (Lipinski definition) is 18. The lowest BCUT2D eigenvalue weighted by Gasteiger charge is -2.38. The second kappa shape index (κ2) is 30.1. The van der Waals surface area contributed by atoms with Gasteiger partial charge in [-0.15, -0.1) is 0 Å². The molecule has 3 fully saturated rings. The van der Waals surface area contributed by atoms with Gasteiger partial charge in [0.25, 0.3) is 11.8 Å². The lowest BCUT2D eigenvalue weighted by atomic mass is 9.91. The molecule has 3 aliphatic heterocycles. The number of aliphatic hydroxyl groups is 8. The van der Waals surface area contributed by atoms with Crippen LogP contribution in [0.15, 0.2) is 24.3 Å². The minimum atomic E-state index is -5.02. The Kier molecular flexibility index (Phi) is 25.2. The number of carbonyl (C=O) groups excluding carboxylic acids is 8. The number of hydrogen-bond donors (Lipinski definition) is 16. The van der Waals surface area contributed by atoms with Gasteiger partial charge < -0.3 is 87.5 Å².